The predicted molar refractivity (Wildman–Crippen MR) is 67.1 cm³/mol. The first-order valence-corrected chi connectivity index (χ1v) is 5.47. The van der Waals surface area contributed by atoms with Crippen LogP contribution in [0, 0.1) is 0 Å². The van der Waals surface area contributed by atoms with Crippen molar-refractivity contribution < 1.29 is 0 Å². The van der Waals surface area contributed by atoms with Crippen molar-refractivity contribution in [3.05, 3.63) is 36.0 Å². The van der Waals surface area contributed by atoms with Crippen LogP contribution in [0.5, 0.6) is 0 Å². The van der Waals surface area contributed by atoms with Crippen LogP contribution in [0.2, 0.25) is 0 Å². The largest absolute Gasteiger partial charge is 0.399 e. The highest BCUT2D eigenvalue weighted by atomic mass is 15.3. The fraction of sp³-hybridized carbons (Fsp3) is 0.308. The van der Waals surface area contributed by atoms with Crippen molar-refractivity contribution in [1.82, 2.24) is 9.78 Å². The molecule has 84 valence electrons. The summed E-state index contributed by atoms with van der Waals surface area (Å²) in [5, 5.41) is 4.32. The molecule has 2 aromatic rings. The minimum Gasteiger partial charge on any atom is -0.399 e. The Labute approximate surface area is 95.9 Å². The molecule has 0 aliphatic heterocycles. The Balaban J connectivity index is 2.59. The standard InChI is InChI=1S/C13H17N3/c1-9(2)12-8-15-16(3)13(12)10-5-4-6-11(14)7-10/h4-9H,14H2,1-3H3. The molecule has 0 bridgehead atoms. The lowest BCUT2D eigenvalue weighted by Crippen LogP contribution is -1.97. The van der Waals surface area contributed by atoms with E-state index in [0.717, 1.165) is 16.9 Å². The van der Waals surface area contributed by atoms with Crippen LogP contribution in [0.4, 0.5) is 5.69 Å². The Morgan fingerprint density at radius 1 is 1.31 bits per heavy atom. The van der Waals surface area contributed by atoms with Crippen LogP contribution >= 0.6 is 0 Å². The maximum atomic E-state index is 5.81. The van der Waals surface area contributed by atoms with Crippen LogP contribution in [-0.2, 0) is 7.05 Å². The van der Waals surface area contributed by atoms with Gasteiger partial charge < -0.3 is 5.73 Å². The summed E-state index contributed by atoms with van der Waals surface area (Å²) in [5.74, 6) is 0.463. The molecule has 0 fully saturated rings. The molecule has 0 spiro atoms. The van der Waals surface area contributed by atoms with E-state index < -0.39 is 0 Å². The second-order valence-electron chi connectivity index (χ2n) is 4.35. The Kier molecular flexibility index (Phi) is 2.69. The van der Waals surface area contributed by atoms with E-state index in [2.05, 4.69) is 25.0 Å². The number of hydrogen-bond donors (Lipinski definition) is 1. The van der Waals surface area contributed by atoms with Crippen molar-refractivity contribution >= 4 is 5.69 Å². The molecule has 0 unspecified atom stereocenters. The SMILES string of the molecule is CC(C)c1cnn(C)c1-c1cccc(N)c1. The Bertz CT molecular complexity index is 498. The first kappa shape index (κ1) is 10.7. The molecule has 2 N–H and O–H groups in total. The average Bonchev–Trinajstić information content (AvgIpc) is 2.60. The number of nitrogens with zero attached hydrogens (tertiary/aromatic N) is 2. The third-order valence-electron chi connectivity index (χ3n) is 2.75. The topological polar surface area (TPSA) is 43.8 Å². The van der Waals surface area contributed by atoms with Crippen molar-refractivity contribution in [2.45, 2.75) is 19.8 Å². The fourth-order valence-electron chi connectivity index (χ4n) is 1.92. The second-order valence-corrected chi connectivity index (χ2v) is 4.35. The van der Waals surface area contributed by atoms with Crippen LogP contribution in [-0.4, -0.2) is 9.78 Å². The molecule has 2 rings (SSSR count). The van der Waals surface area contributed by atoms with Crippen molar-refractivity contribution in [2.24, 2.45) is 7.05 Å². The van der Waals surface area contributed by atoms with Gasteiger partial charge in [0, 0.05) is 23.9 Å². The molecule has 1 heterocycles. The molecule has 1 aromatic heterocycles. The monoisotopic (exact) mass is 215 g/mol. The van der Waals surface area contributed by atoms with Crippen molar-refractivity contribution in [3.63, 3.8) is 0 Å². The lowest BCUT2D eigenvalue weighted by molar-refractivity contribution is 0.774. The van der Waals surface area contributed by atoms with Gasteiger partial charge in [0.2, 0.25) is 0 Å². The normalized spacial score (nSPS) is 11.0. The van der Waals surface area contributed by atoms with Crippen molar-refractivity contribution in [1.29, 1.82) is 0 Å². The molecule has 0 radical (unpaired) electrons. The summed E-state index contributed by atoms with van der Waals surface area (Å²) in [6.07, 6.45) is 1.93. The third kappa shape index (κ3) is 1.81. The van der Waals surface area contributed by atoms with Crippen LogP contribution < -0.4 is 5.73 Å². The van der Waals surface area contributed by atoms with Gasteiger partial charge in [0.25, 0.3) is 0 Å². The third-order valence-corrected chi connectivity index (χ3v) is 2.75. The lowest BCUT2D eigenvalue weighted by Gasteiger charge is -2.09. The number of aromatic nitrogens is 2. The quantitative estimate of drug-likeness (QED) is 0.783. The lowest BCUT2D eigenvalue weighted by atomic mass is 9.99. The van der Waals surface area contributed by atoms with Gasteiger partial charge in [-0.25, -0.2) is 0 Å². The maximum Gasteiger partial charge on any atom is 0.0714 e. The van der Waals surface area contributed by atoms with Crippen LogP contribution in [0.1, 0.15) is 25.3 Å². The number of hydrogen-bond acceptors (Lipinski definition) is 2. The van der Waals surface area contributed by atoms with E-state index in [1.807, 2.05) is 36.1 Å². The molecule has 16 heavy (non-hydrogen) atoms. The van der Waals surface area contributed by atoms with E-state index in [1.165, 1.54) is 5.56 Å². The first-order valence-electron chi connectivity index (χ1n) is 5.47. The van der Waals surface area contributed by atoms with Crippen LogP contribution in [0.15, 0.2) is 30.5 Å². The summed E-state index contributed by atoms with van der Waals surface area (Å²) in [7, 11) is 1.96. The van der Waals surface area contributed by atoms with Gasteiger partial charge in [-0.2, -0.15) is 5.10 Å². The Morgan fingerprint density at radius 2 is 2.06 bits per heavy atom. The summed E-state index contributed by atoms with van der Waals surface area (Å²) in [6, 6.07) is 7.93. The molecular weight excluding hydrogens is 198 g/mol. The van der Waals surface area contributed by atoms with Crippen LogP contribution in [0.3, 0.4) is 0 Å². The average molecular weight is 215 g/mol. The number of nitrogen functional groups attached to an aromatic ring is 1. The highest BCUT2D eigenvalue weighted by Crippen LogP contribution is 2.29. The summed E-state index contributed by atoms with van der Waals surface area (Å²) in [6.45, 7) is 4.35. The molecule has 3 nitrogen and oxygen atoms in total. The van der Waals surface area contributed by atoms with E-state index in [-0.39, 0.29) is 0 Å². The first-order chi connectivity index (χ1) is 7.59. The highest BCUT2D eigenvalue weighted by molar-refractivity contribution is 5.67. The zero-order valence-electron chi connectivity index (χ0n) is 9.94. The van der Waals surface area contributed by atoms with Gasteiger partial charge in [-0.05, 0) is 18.1 Å². The van der Waals surface area contributed by atoms with Gasteiger partial charge in [0.15, 0.2) is 0 Å². The molecular formula is C13H17N3. The summed E-state index contributed by atoms with van der Waals surface area (Å²) in [5.41, 5.74) is 10.1. The minimum atomic E-state index is 0.463. The van der Waals surface area contributed by atoms with Crippen molar-refractivity contribution in [3.8, 4) is 11.3 Å². The van der Waals surface area contributed by atoms with Gasteiger partial charge in [-0.3, -0.25) is 4.68 Å². The molecule has 1 aromatic carbocycles. The van der Waals surface area contributed by atoms with Crippen molar-refractivity contribution in [2.75, 3.05) is 5.73 Å². The number of anilines is 1. The van der Waals surface area contributed by atoms with Gasteiger partial charge in [-0.1, -0.05) is 26.0 Å². The smallest absolute Gasteiger partial charge is 0.0714 e. The van der Waals surface area contributed by atoms with Gasteiger partial charge in [0.05, 0.1) is 11.9 Å². The number of nitrogens with two attached hydrogens (primary N) is 1. The summed E-state index contributed by atoms with van der Waals surface area (Å²) in [4.78, 5) is 0. The number of rotatable bonds is 2. The number of benzene rings is 1. The van der Waals surface area contributed by atoms with E-state index in [1.54, 1.807) is 0 Å². The van der Waals surface area contributed by atoms with E-state index in [4.69, 9.17) is 5.73 Å². The Hall–Kier alpha value is -1.77. The van der Waals surface area contributed by atoms with Gasteiger partial charge in [0.1, 0.15) is 0 Å². The molecule has 0 aliphatic rings. The number of aryl methyl sites for hydroxylation is 1. The molecule has 0 saturated carbocycles. The Morgan fingerprint density at radius 3 is 2.69 bits per heavy atom. The second kappa shape index (κ2) is 4.00. The zero-order valence-corrected chi connectivity index (χ0v) is 9.94. The summed E-state index contributed by atoms with van der Waals surface area (Å²) < 4.78 is 1.91. The highest BCUT2D eigenvalue weighted by Gasteiger charge is 2.13. The minimum absolute atomic E-state index is 0.463. The maximum absolute atomic E-state index is 5.81. The molecule has 0 amide bonds. The van der Waals surface area contributed by atoms with E-state index in [0.29, 0.717) is 5.92 Å². The molecule has 0 aliphatic carbocycles. The molecule has 0 atom stereocenters. The van der Waals surface area contributed by atoms with Gasteiger partial charge in [-0.15, -0.1) is 0 Å². The van der Waals surface area contributed by atoms with E-state index in [9.17, 15) is 0 Å². The van der Waals surface area contributed by atoms with Crippen LogP contribution in [0.25, 0.3) is 11.3 Å². The fourth-order valence-corrected chi connectivity index (χ4v) is 1.92. The molecule has 3 heteroatoms. The zero-order chi connectivity index (χ0) is 11.7. The summed E-state index contributed by atoms with van der Waals surface area (Å²) >= 11 is 0. The van der Waals surface area contributed by atoms with E-state index >= 15 is 0 Å². The molecule has 0 saturated heterocycles. The predicted octanol–water partition coefficient (Wildman–Crippen LogP) is 2.79. The van der Waals surface area contributed by atoms with Gasteiger partial charge >= 0.3 is 0 Å².